The van der Waals surface area contributed by atoms with Crippen LogP contribution in [0.4, 0.5) is 14.5 Å². The molecule has 0 radical (unpaired) electrons. The standard InChI is InChI=1S/C24H26F2N2O5S/c1-31-21-11-10-17(15-23(21)33-3)34(29,30)28(13-12-27)24-16(6-4-9-22(24)32-2)14-18-19(25)7-5-8-20(18)26/h4-11,15H,12-14,27H2,1-3H3. The summed E-state index contributed by atoms with van der Waals surface area (Å²) in [5.41, 5.74) is 6.08. The number of ether oxygens (including phenoxy) is 3. The van der Waals surface area contributed by atoms with Crippen LogP contribution in [-0.2, 0) is 16.4 Å². The van der Waals surface area contributed by atoms with Crippen molar-refractivity contribution in [2.75, 3.05) is 38.7 Å². The number of rotatable bonds is 10. The van der Waals surface area contributed by atoms with Crippen molar-refractivity contribution in [2.24, 2.45) is 5.73 Å². The second-order valence-electron chi connectivity index (χ2n) is 7.23. The second-order valence-corrected chi connectivity index (χ2v) is 9.09. The lowest BCUT2D eigenvalue weighted by Gasteiger charge is -2.28. The topological polar surface area (TPSA) is 91.1 Å². The molecular weight excluding hydrogens is 466 g/mol. The van der Waals surface area contributed by atoms with Gasteiger partial charge in [0, 0.05) is 31.1 Å². The van der Waals surface area contributed by atoms with E-state index in [0.717, 1.165) is 16.4 Å². The summed E-state index contributed by atoms with van der Waals surface area (Å²) in [6.07, 6.45) is -0.201. The minimum absolute atomic E-state index is 0.0158. The Balaban J connectivity index is 2.20. The minimum Gasteiger partial charge on any atom is -0.495 e. The molecule has 3 rings (SSSR count). The Labute approximate surface area is 197 Å². The summed E-state index contributed by atoms with van der Waals surface area (Å²) in [7, 11) is 0.0299. The van der Waals surface area contributed by atoms with Gasteiger partial charge in [0.1, 0.15) is 17.4 Å². The van der Waals surface area contributed by atoms with E-state index in [4.69, 9.17) is 19.9 Å². The van der Waals surface area contributed by atoms with Crippen LogP contribution in [0.15, 0.2) is 59.5 Å². The van der Waals surface area contributed by atoms with E-state index in [1.807, 2.05) is 0 Å². The molecule has 0 atom stereocenters. The van der Waals surface area contributed by atoms with Gasteiger partial charge in [-0.25, -0.2) is 17.2 Å². The smallest absolute Gasteiger partial charge is 0.264 e. The van der Waals surface area contributed by atoms with Gasteiger partial charge in [-0.15, -0.1) is 0 Å². The molecule has 0 heterocycles. The molecule has 0 amide bonds. The third-order valence-electron chi connectivity index (χ3n) is 5.26. The van der Waals surface area contributed by atoms with Gasteiger partial charge in [-0.05, 0) is 35.9 Å². The van der Waals surface area contributed by atoms with E-state index >= 15 is 0 Å². The molecule has 3 aromatic carbocycles. The van der Waals surface area contributed by atoms with Crippen LogP contribution >= 0.6 is 0 Å². The Morgan fingerprint density at radius 1 is 0.853 bits per heavy atom. The van der Waals surface area contributed by atoms with Crippen LogP contribution in [0.3, 0.4) is 0 Å². The number of hydrogen-bond acceptors (Lipinski definition) is 6. The number of benzene rings is 3. The van der Waals surface area contributed by atoms with E-state index in [1.54, 1.807) is 18.2 Å². The summed E-state index contributed by atoms with van der Waals surface area (Å²) in [6.45, 7) is -0.123. The highest BCUT2D eigenvalue weighted by molar-refractivity contribution is 7.92. The van der Waals surface area contributed by atoms with E-state index in [0.29, 0.717) is 11.3 Å². The molecule has 0 bridgehead atoms. The summed E-state index contributed by atoms with van der Waals surface area (Å²) in [5.74, 6) is -0.666. The lowest BCUT2D eigenvalue weighted by molar-refractivity contribution is 0.354. The molecule has 0 unspecified atom stereocenters. The summed E-state index contributed by atoms with van der Waals surface area (Å²) in [6, 6.07) is 12.6. The Morgan fingerprint density at radius 3 is 2.06 bits per heavy atom. The van der Waals surface area contributed by atoms with Gasteiger partial charge in [0.2, 0.25) is 0 Å². The van der Waals surface area contributed by atoms with Gasteiger partial charge in [-0.1, -0.05) is 18.2 Å². The first-order valence-electron chi connectivity index (χ1n) is 10.3. The fourth-order valence-electron chi connectivity index (χ4n) is 3.62. The molecule has 3 aromatic rings. The van der Waals surface area contributed by atoms with E-state index in [-0.39, 0.29) is 47.2 Å². The van der Waals surface area contributed by atoms with Gasteiger partial charge in [0.15, 0.2) is 11.5 Å². The van der Waals surface area contributed by atoms with E-state index in [2.05, 4.69) is 0 Å². The minimum atomic E-state index is -4.19. The van der Waals surface area contributed by atoms with Crippen LogP contribution < -0.4 is 24.2 Å². The monoisotopic (exact) mass is 492 g/mol. The van der Waals surface area contributed by atoms with Crippen molar-refractivity contribution in [2.45, 2.75) is 11.3 Å². The maximum absolute atomic E-state index is 14.4. The van der Waals surface area contributed by atoms with Crippen molar-refractivity contribution in [3.8, 4) is 17.2 Å². The van der Waals surface area contributed by atoms with Crippen molar-refractivity contribution in [3.63, 3.8) is 0 Å². The molecule has 0 aliphatic rings. The molecule has 2 N–H and O–H groups in total. The zero-order valence-corrected chi connectivity index (χ0v) is 19.9. The van der Waals surface area contributed by atoms with Crippen LogP contribution in [0.25, 0.3) is 0 Å². The zero-order valence-electron chi connectivity index (χ0n) is 19.0. The van der Waals surface area contributed by atoms with Crippen LogP contribution in [0.5, 0.6) is 17.2 Å². The summed E-state index contributed by atoms with van der Waals surface area (Å²) >= 11 is 0. The highest BCUT2D eigenvalue weighted by Gasteiger charge is 2.30. The molecular formula is C24H26F2N2O5S. The van der Waals surface area contributed by atoms with Gasteiger partial charge < -0.3 is 19.9 Å². The van der Waals surface area contributed by atoms with Crippen molar-refractivity contribution < 1.29 is 31.4 Å². The Hall–Kier alpha value is -3.37. The first kappa shape index (κ1) is 25.3. The normalized spacial score (nSPS) is 11.2. The van der Waals surface area contributed by atoms with Crippen LogP contribution in [0.1, 0.15) is 11.1 Å². The molecule has 182 valence electrons. The van der Waals surface area contributed by atoms with Gasteiger partial charge in [-0.3, -0.25) is 4.31 Å². The van der Waals surface area contributed by atoms with Gasteiger partial charge >= 0.3 is 0 Å². The largest absolute Gasteiger partial charge is 0.495 e. The van der Waals surface area contributed by atoms with Gasteiger partial charge in [0.05, 0.1) is 31.9 Å². The summed E-state index contributed by atoms with van der Waals surface area (Å²) < 4.78 is 73.3. The van der Waals surface area contributed by atoms with E-state index < -0.39 is 21.7 Å². The van der Waals surface area contributed by atoms with Crippen molar-refractivity contribution in [3.05, 3.63) is 77.4 Å². The molecule has 10 heteroatoms. The summed E-state index contributed by atoms with van der Waals surface area (Å²) in [5, 5.41) is 0. The SMILES string of the molecule is COc1ccc(S(=O)(=O)N(CCN)c2c(Cc3c(F)cccc3F)cccc2OC)cc1OC. The average Bonchev–Trinajstić information content (AvgIpc) is 2.84. The maximum atomic E-state index is 14.4. The first-order chi connectivity index (χ1) is 16.3. The average molecular weight is 493 g/mol. The lowest BCUT2D eigenvalue weighted by Crippen LogP contribution is -2.36. The molecule has 0 aliphatic carbocycles. The Morgan fingerprint density at radius 2 is 1.47 bits per heavy atom. The number of para-hydroxylation sites is 1. The third-order valence-corrected chi connectivity index (χ3v) is 7.05. The van der Waals surface area contributed by atoms with Crippen LogP contribution in [0, 0.1) is 11.6 Å². The van der Waals surface area contributed by atoms with Crippen molar-refractivity contribution in [1.29, 1.82) is 0 Å². The molecule has 0 fully saturated rings. The number of halogens is 2. The molecule has 0 saturated carbocycles. The van der Waals surface area contributed by atoms with E-state index in [1.165, 1.54) is 45.6 Å². The molecule has 0 saturated heterocycles. The van der Waals surface area contributed by atoms with Crippen LogP contribution in [0.2, 0.25) is 0 Å². The van der Waals surface area contributed by atoms with Crippen molar-refractivity contribution >= 4 is 15.7 Å². The predicted octanol–water partition coefficient (Wildman–Crippen LogP) is 3.74. The lowest BCUT2D eigenvalue weighted by atomic mass is 10.0. The summed E-state index contributed by atoms with van der Waals surface area (Å²) in [4.78, 5) is -0.0764. The molecule has 7 nitrogen and oxygen atoms in total. The highest BCUT2D eigenvalue weighted by atomic mass is 32.2. The van der Waals surface area contributed by atoms with Gasteiger partial charge in [0.25, 0.3) is 10.0 Å². The zero-order chi connectivity index (χ0) is 24.9. The molecule has 0 aromatic heterocycles. The number of sulfonamides is 1. The fourth-order valence-corrected chi connectivity index (χ4v) is 5.17. The highest BCUT2D eigenvalue weighted by Crippen LogP contribution is 2.39. The van der Waals surface area contributed by atoms with Gasteiger partial charge in [-0.2, -0.15) is 0 Å². The number of nitrogens with two attached hydrogens (primary N) is 1. The number of nitrogens with zero attached hydrogens (tertiary/aromatic N) is 1. The third kappa shape index (κ3) is 4.92. The predicted molar refractivity (Wildman–Crippen MR) is 125 cm³/mol. The second kappa shape index (κ2) is 10.7. The number of methoxy groups -OCH3 is 3. The Kier molecular flexibility index (Phi) is 7.95. The Bertz CT molecular complexity index is 1250. The molecule has 0 aliphatic heterocycles. The number of anilines is 1. The first-order valence-corrected chi connectivity index (χ1v) is 11.8. The van der Waals surface area contributed by atoms with Crippen molar-refractivity contribution in [1.82, 2.24) is 0 Å². The quantitative estimate of drug-likeness (QED) is 0.464. The van der Waals surface area contributed by atoms with Crippen LogP contribution in [-0.4, -0.2) is 42.8 Å². The maximum Gasteiger partial charge on any atom is 0.264 e. The number of hydrogen-bond donors (Lipinski definition) is 1. The van der Waals surface area contributed by atoms with E-state index in [9.17, 15) is 17.2 Å². The molecule has 34 heavy (non-hydrogen) atoms. The fraction of sp³-hybridized carbons (Fsp3) is 0.250. The molecule has 0 spiro atoms.